The molecule has 3 heteroatoms. The minimum Gasteiger partial charge on any atom is -0.359 e. The van der Waals surface area contributed by atoms with E-state index in [2.05, 4.69) is 41.8 Å². The van der Waals surface area contributed by atoms with Gasteiger partial charge in [0.25, 0.3) is 0 Å². The van der Waals surface area contributed by atoms with E-state index < -0.39 is 0 Å². The number of hydrogen-bond acceptors (Lipinski definition) is 2. The highest BCUT2D eigenvalue weighted by Crippen LogP contribution is 2.06. The van der Waals surface area contributed by atoms with Gasteiger partial charge in [0.05, 0.1) is 0 Å². The van der Waals surface area contributed by atoms with Crippen LogP contribution in [-0.2, 0) is 11.2 Å². The lowest BCUT2D eigenvalue weighted by Gasteiger charge is -2.07. The Morgan fingerprint density at radius 1 is 1.24 bits per heavy atom. The van der Waals surface area contributed by atoms with Crippen LogP contribution in [0, 0.1) is 6.92 Å². The van der Waals surface area contributed by atoms with Gasteiger partial charge in [0.2, 0.25) is 5.91 Å². The third-order valence-electron chi connectivity index (χ3n) is 2.87. The predicted octanol–water partition coefficient (Wildman–Crippen LogP) is 1.65. The van der Waals surface area contributed by atoms with E-state index in [1.165, 1.54) is 11.1 Å². The summed E-state index contributed by atoms with van der Waals surface area (Å²) in [6, 6.07) is 8.45. The summed E-state index contributed by atoms with van der Waals surface area (Å²) in [6.45, 7) is 4.01. The van der Waals surface area contributed by atoms with Crippen molar-refractivity contribution in [3.8, 4) is 0 Å². The summed E-state index contributed by atoms with van der Waals surface area (Å²) in [5, 5.41) is 5.98. The first-order valence-electron chi connectivity index (χ1n) is 6.20. The lowest BCUT2D eigenvalue weighted by atomic mass is 10.1. The SMILES string of the molecule is CNC(=O)CCCNCCc1ccccc1C. The molecule has 1 aromatic rings. The van der Waals surface area contributed by atoms with E-state index in [1.54, 1.807) is 7.05 Å². The molecule has 3 nitrogen and oxygen atoms in total. The van der Waals surface area contributed by atoms with Gasteiger partial charge in [0, 0.05) is 13.5 Å². The number of rotatable bonds is 7. The van der Waals surface area contributed by atoms with Gasteiger partial charge in [-0.15, -0.1) is 0 Å². The fourth-order valence-electron chi connectivity index (χ4n) is 1.74. The van der Waals surface area contributed by atoms with Crippen LogP contribution in [0.3, 0.4) is 0 Å². The molecule has 0 radical (unpaired) electrons. The van der Waals surface area contributed by atoms with Crippen molar-refractivity contribution in [2.24, 2.45) is 0 Å². The maximum Gasteiger partial charge on any atom is 0.219 e. The molecule has 0 aliphatic rings. The maximum absolute atomic E-state index is 11.0. The quantitative estimate of drug-likeness (QED) is 0.704. The van der Waals surface area contributed by atoms with Crippen molar-refractivity contribution in [2.75, 3.05) is 20.1 Å². The third-order valence-corrected chi connectivity index (χ3v) is 2.87. The predicted molar refractivity (Wildman–Crippen MR) is 71.1 cm³/mol. The summed E-state index contributed by atoms with van der Waals surface area (Å²) >= 11 is 0. The molecule has 0 aromatic heterocycles. The molecule has 0 atom stereocenters. The summed E-state index contributed by atoms with van der Waals surface area (Å²) in [4.78, 5) is 11.0. The van der Waals surface area contributed by atoms with Gasteiger partial charge in [-0.25, -0.2) is 0 Å². The lowest BCUT2D eigenvalue weighted by molar-refractivity contribution is -0.120. The first-order valence-corrected chi connectivity index (χ1v) is 6.20. The van der Waals surface area contributed by atoms with Gasteiger partial charge in [0.1, 0.15) is 0 Å². The number of aryl methyl sites for hydroxylation is 1. The van der Waals surface area contributed by atoms with Crippen LogP contribution in [0.1, 0.15) is 24.0 Å². The molecule has 0 saturated carbocycles. The number of amides is 1. The standard InChI is InChI=1S/C14H22N2O/c1-12-6-3-4-7-13(12)9-11-16-10-5-8-14(17)15-2/h3-4,6-7,16H,5,8-11H2,1-2H3,(H,15,17). The van der Waals surface area contributed by atoms with Gasteiger partial charge < -0.3 is 10.6 Å². The average molecular weight is 234 g/mol. The van der Waals surface area contributed by atoms with E-state index in [4.69, 9.17) is 0 Å². The molecule has 0 aliphatic carbocycles. The molecule has 0 spiro atoms. The number of nitrogens with one attached hydrogen (secondary N) is 2. The Balaban J connectivity index is 2.09. The average Bonchev–Trinajstić information content (AvgIpc) is 2.35. The molecule has 17 heavy (non-hydrogen) atoms. The van der Waals surface area contributed by atoms with E-state index in [0.29, 0.717) is 6.42 Å². The van der Waals surface area contributed by atoms with Gasteiger partial charge in [-0.2, -0.15) is 0 Å². The van der Waals surface area contributed by atoms with Crippen LogP contribution in [0.4, 0.5) is 0 Å². The van der Waals surface area contributed by atoms with Crippen LogP contribution in [0.5, 0.6) is 0 Å². The number of carbonyl (C=O) groups is 1. The Morgan fingerprint density at radius 3 is 2.71 bits per heavy atom. The van der Waals surface area contributed by atoms with Crippen LogP contribution in [0.15, 0.2) is 24.3 Å². The monoisotopic (exact) mass is 234 g/mol. The van der Waals surface area contributed by atoms with Crippen molar-refractivity contribution < 1.29 is 4.79 Å². The van der Waals surface area contributed by atoms with Gasteiger partial charge in [-0.1, -0.05) is 24.3 Å². The van der Waals surface area contributed by atoms with Crippen molar-refractivity contribution >= 4 is 5.91 Å². The zero-order chi connectivity index (χ0) is 12.5. The van der Waals surface area contributed by atoms with E-state index >= 15 is 0 Å². The lowest BCUT2D eigenvalue weighted by Crippen LogP contribution is -2.22. The van der Waals surface area contributed by atoms with Crippen molar-refractivity contribution in [3.63, 3.8) is 0 Å². The molecule has 1 amide bonds. The molecule has 0 bridgehead atoms. The molecular weight excluding hydrogens is 212 g/mol. The molecular formula is C14H22N2O. The topological polar surface area (TPSA) is 41.1 Å². The zero-order valence-electron chi connectivity index (χ0n) is 10.8. The highest BCUT2D eigenvalue weighted by molar-refractivity contribution is 5.75. The Kier molecular flexibility index (Phi) is 6.33. The van der Waals surface area contributed by atoms with Crippen LogP contribution in [0.25, 0.3) is 0 Å². The fourth-order valence-corrected chi connectivity index (χ4v) is 1.74. The molecule has 0 heterocycles. The molecule has 94 valence electrons. The third kappa shape index (κ3) is 5.50. The Morgan fingerprint density at radius 2 is 2.00 bits per heavy atom. The molecule has 0 aliphatic heterocycles. The summed E-state index contributed by atoms with van der Waals surface area (Å²) in [7, 11) is 1.67. The van der Waals surface area contributed by atoms with Crippen LogP contribution >= 0.6 is 0 Å². The fraction of sp³-hybridized carbons (Fsp3) is 0.500. The number of carbonyl (C=O) groups excluding carboxylic acids is 1. The second kappa shape index (κ2) is 7.85. The van der Waals surface area contributed by atoms with Crippen molar-refractivity contribution in [2.45, 2.75) is 26.2 Å². The summed E-state index contributed by atoms with van der Waals surface area (Å²) < 4.78 is 0. The number of benzene rings is 1. The van der Waals surface area contributed by atoms with Gasteiger partial charge in [-0.3, -0.25) is 4.79 Å². The second-order valence-electron chi connectivity index (χ2n) is 4.20. The van der Waals surface area contributed by atoms with Crippen molar-refractivity contribution in [1.82, 2.24) is 10.6 Å². The molecule has 1 rings (SSSR count). The Bertz CT molecular complexity index is 350. The normalized spacial score (nSPS) is 10.2. The smallest absolute Gasteiger partial charge is 0.219 e. The van der Waals surface area contributed by atoms with Crippen LogP contribution in [0.2, 0.25) is 0 Å². The van der Waals surface area contributed by atoms with Crippen LogP contribution < -0.4 is 10.6 Å². The minimum atomic E-state index is 0.116. The van der Waals surface area contributed by atoms with E-state index in [1.807, 2.05) is 0 Å². The first-order chi connectivity index (χ1) is 8.24. The summed E-state index contributed by atoms with van der Waals surface area (Å²) in [6.07, 6.45) is 2.55. The van der Waals surface area contributed by atoms with Gasteiger partial charge in [0.15, 0.2) is 0 Å². The second-order valence-corrected chi connectivity index (χ2v) is 4.20. The molecule has 2 N–H and O–H groups in total. The highest BCUT2D eigenvalue weighted by atomic mass is 16.1. The zero-order valence-corrected chi connectivity index (χ0v) is 10.8. The summed E-state index contributed by atoms with van der Waals surface area (Å²) in [5.41, 5.74) is 2.74. The van der Waals surface area contributed by atoms with E-state index in [9.17, 15) is 4.79 Å². The first kappa shape index (κ1) is 13.7. The van der Waals surface area contributed by atoms with E-state index in [-0.39, 0.29) is 5.91 Å². The Labute approximate surface area is 104 Å². The van der Waals surface area contributed by atoms with Crippen molar-refractivity contribution in [1.29, 1.82) is 0 Å². The van der Waals surface area contributed by atoms with Gasteiger partial charge >= 0.3 is 0 Å². The minimum absolute atomic E-state index is 0.116. The van der Waals surface area contributed by atoms with Gasteiger partial charge in [-0.05, 0) is 44.0 Å². The molecule has 0 unspecified atom stereocenters. The largest absolute Gasteiger partial charge is 0.359 e. The Hall–Kier alpha value is -1.35. The van der Waals surface area contributed by atoms with Crippen LogP contribution in [-0.4, -0.2) is 26.0 Å². The number of hydrogen-bond donors (Lipinski definition) is 2. The summed E-state index contributed by atoms with van der Waals surface area (Å²) in [5.74, 6) is 0.116. The molecule has 0 fully saturated rings. The van der Waals surface area contributed by atoms with E-state index in [0.717, 1.165) is 25.9 Å². The highest BCUT2D eigenvalue weighted by Gasteiger charge is 1.98. The molecule has 1 aromatic carbocycles. The maximum atomic E-state index is 11.0. The van der Waals surface area contributed by atoms with Crippen molar-refractivity contribution in [3.05, 3.63) is 35.4 Å². The molecule has 0 saturated heterocycles.